The number of hydrogen-bond donors (Lipinski definition) is 3. The highest BCUT2D eigenvalue weighted by molar-refractivity contribution is 8.15. The molecular formula is CH6N6OS. The van der Waals surface area contributed by atoms with Gasteiger partial charge < -0.3 is 0 Å². The Balaban J connectivity index is 5.09. The molecule has 7 nitrogen and oxygen atoms in total. The Hall–Kier alpha value is -1.05. The van der Waals surface area contributed by atoms with E-state index in [1.807, 2.05) is 0 Å². The van der Waals surface area contributed by atoms with Crippen molar-refractivity contribution in [2.24, 2.45) is 13.6 Å². The molecule has 0 rings (SSSR count). The summed E-state index contributed by atoms with van der Waals surface area (Å²) in [6, 6.07) is 0. The SMILES string of the molecule is CS(=O)(N=N)(N=N)N=N. The van der Waals surface area contributed by atoms with Crippen molar-refractivity contribution in [3.63, 3.8) is 0 Å². The van der Waals surface area contributed by atoms with Crippen LogP contribution in [0.25, 0.3) is 0 Å². The standard InChI is InChI=1S/CH6N6OS/c1-9(8,5-2,6-3)7-4/h2-4H,1H3. The van der Waals surface area contributed by atoms with E-state index in [9.17, 15) is 4.21 Å². The van der Waals surface area contributed by atoms with E-state index in [1.165, 1.54) is 0 Å². The fraction of sp³-hybridized carbons (Fsp3) is 1.00. The van der Waals surface area contributed by atoms with Crippen molar-refractivity contribution in [2.45, 2.75) is 0 Å². The van der Waals surface area contributed by atoms with Crippen molar-refractivity contribution in [1.29, 1.82) is 16.6 Å². The van der Waals surface area contributed by atoms with E-state index in [-0.39, 0.29) is 0 Å². The molecule has 3 N–H and O–H groups in total. The first-order valence-corrected chi connectivity index (χ1v) is 4.04. The number of hydrogen-bond acceptors (Lipinski definition) is 4. The topological polar surface area (TPSA) is 126 Å². The summed E-state index contributed by atoms with van der Waals surface area (Å²) >= 11 is 0. The maximum atomic E-state index is 10.8. The van der Waals surface area contributed by atoms with Gasteiger partial charge in [-0.05, 0) is 0 Å². The molecule has 0 saturated heterocycles. The van der Waals surface area contributed by atoms with Crippen LogP contribution in [0.1, 0.15) is 0 Å². The van der Waals surface area contributed by atoms with E-state index in [2.05, 4.69) is 13.6 Å². The van der Waals surface area contributed by atoms with Gasteiger partial charge in [-0.1, -0.05) is 13.6 Å². The summed E-state index contributed by atoms with van der Waals surface area (Å²) in [6.45, 7) is 0. The maximum absolute atomic E-state index is 10.8. The molecule has 0 radical (unpaired) electrons. The van der Waals surface area contributed by atoms with Crippen LogP contribution in [0, 0.1) is 16.6 Å². The molecule has 0 atom stereocenters. The van der Waals surface area contributed by atoms with Gasteiger partial charge >= 0.3 is 0 Å². The number of rotatable bonds is 3. The van der Waals surface area contributed by atoms with Crippen molar-refractivity contribution in [2.75, 3.05) is 6.26 Å². The molecule has 0 aliphatic rings. The van der Waals surface area contributed by atoms with Crippen molar-refractivity contribution >= 4 is 9.62 Å². The van der Waals surface area contributed by atoms with E-state index in [0.29, 0.717) is 0 Å². The highest BCUT2D eigenvalue weighted by Gasteiger charge is 2.27. The van der Waals surface area contributed by atoms with Crippen LogP contribution in [-0.2, 0) is 9.62 Å². The van der Waals surface area contributed by atoms with Gasteiger partial charge in [0.15, 0.2) is 0 Å². The van der Waals surface area contributed by atoms with Gasteiger partial charge in [0.25, 0.3) is 0 Å². The minimum absolute atomic E-state index is 0.865. The third-order valence-electron chi connectivity index (χ3n) is 0.631. The van der Waals surface area contributed by atoms with Crippen LogP contribution in [0.5, 0.6) is 0 Å². The Morgan fingerprint density at radius 2 is 1.33 bits per heavy atom. The van der Waals surface area contributed by atoms with E-state index < -0.39 is 9.62 Å². The monoisotopic (exact) mass is 150 g/mol. The lowest BCUT2D eigenvalue weighted by Gasteiger charge is -2.15. The van der Waals surface area contributed by atoms with Crippen LogP contribution in [-0.4, -0.2) is 10.5 Å². The smallest absolute Gasteiger partial charge is 0.204 e. The second kappa shape index (κ2) is 1.72. The zero-order valence-corrected chi connectivity index (χ0v) is 5.47. The average Bonchev–Trinajstić information content (AvgIpc) is 1.90. The van der Waals surface area contributed by atoms with Crippen molar-refractivity contribution in [1.82, 2.24) is 0 Å². The molecule has 52 valence electrons. The minimum atomic E-state index is -4.27. The predicted molar refractivity (Wildman–Crippen MR) is 29.5 cm³/mol. The van der Waals surface area contributed by atoms with Gasteiger partial charge in [-0.3, -0.25) is 0 Å². The quantitative estimate of drug-likeness (QED) is 0.514. The zero-order chi connectivity index (χ0) is 7.57. The molecule has 8 heteroatoms. The van der Waals surface area contributed by atoms with Gasteiger partial charge in [0.05, 0.1) is 6.26 Å². The summed E-state index contributed by atoms with van der Waals surface area (Å²) in [5, 5.41) is 0. The second-order valence-electron chi connectivity index (χ2n) is 1.46. The second-order valence-corrected chi connectivity index (χ2v) is 4.37. The molecule has 0 heterocycles. The summed E-state index contributed by atoms with van der Waals surface area (Å²) in [5.41, 5.74) is 18.9. The van der Waals surface area contributed by atoms with Gasteiger partial charge in [-0.2, -0.15) is 16.6 Å². The molecule has 0 aromatic rings. The summed E-state index contributed by atoms with van der Waals surface area (Å²) < 4.78 is 18.3. The molecule has 9 heavy (non-hydrogen) atoms. The molecule has 0 unspecified atom stereocenters. The van der Waals surface area contributed by atoms with Gasteiger partial charge in [-0.25, -0.2) is 4.21 Å². The molecule has 0 spiro atoms. The van der Waals surface area contributed by atoms with Crippen LogP contribution in [0.2, 0.25) is 0 Å². The van der Waals surface area contributed by atoms with Crippen LogP contribution in [0.15, 0.2) is 13.6 Å². The predicted octanol–water partition coefficient (Wildman–Crippen LogP) is 1.27. The van der Waals surface area contributed by atoms with Crippen molar-refractivity contribution in [3.05, 3.63) is 0 Å². The molecule has 0 aliphatic heterocycles. The third-order valence-corrected chi connectivity index (χ3v) is 1.89. The van der Waals surface area contributed by atoms with E-state index in [4.69, 9.17) is 16.6 Å². The van der Waals surface area contributed by atoms with Gasteiger partial charge in [0.1, 0.15) is 0 Å². The minimum Gasteiger partial charge on any atom is -0.214 e. The lowest BCUT2D eigenvalue weighted by Crippen LogP contribution is -2.18. The largest absolute Gasteiger partial charge is 0.214 e. The van der Waals surface area contributed by atoms with Crippen molar-refractivity contribution < 1.29 is 4.21 Å². The molecule has 0 bridgehead atoms. The molecule has 0 fully saturated rings. The first kappa shape index (κ1) is 7.95. The van der Waals surface area contributed by atoms with E-state index in [1.54, 1.807) is 0 Å². The highest BCUT2D eigenvalue weighted by Crippen LogP contribution is 2.25. The number of nitrogens with zero attached hydrogens (tertiary/aromatic N) is 3. The van der Waals surface area contributed by atoms with Crippen LogP contribution < -0.4 is 0 Å². The molecule has 0 saturated carbocycles. The van der Waals surface area contributed by atoms with Crippen molar-refractivity contribution in [3.8, 4) is 0 Å². The average molecular weight is 150 g/mol. The van der Waals surface area contributed by atoms with Gasteiger partial charge in [-0.15, -0.1) is 0 Å². The Bertz CT molecular complexity index is 186. The van der Waals surface area contributed by atoms with Crippen LogP contribution in [0.3, 0.4) is 0 Å². The Morgan fingerprint density at radius 3 is 1.33 bits per heavy atom. The maximum Gasteiger partial charge on any atom is 0.204 e. The first-order valence-electron chi connectivity index (χ1n) is 1.79. The Morgan fingerprint density at radius 1 is 1.11 bits per heavy atom. The summed E-state index contributed by atoms with van der Waals surface area (Å²) in [4.78, 5) is 0. The first-order chi connectivity index (χ1) is 3.96. The summed E-state index contributed by atoms with van der Waals surface area (Å²) in [5.74, 6) is 0. The normalized spacial score (nSPS) is 15.0. The fourth-order valence-electron chi connectivity index (χ4n) is 0.0612. The van der Waals surface area contributed by atoms with Gasteiger partial charge in [0.2, 0.25) is 9.62 Å². The molecule has 0 aliphatic carbocycles. The Kier molecular flexibility index (Phi) is 1.52. The summed E-state index contributed by atoms with van der Waals surface area (Å²) in [6.07, 6.45) is 0.865. The molecule has 0 aromatic carbocycles. The van der Waals surface area contributed by atoms with Crippen LogP contribution >= 0.6 is 0 Å². The van der Waals surface area contributed by atoms with E-state index in [0.717, 1.165) is 6.26 Å². The van der Waals surface area contributed by atoms with Gasteiger partial charge in [0, 0.05) is 0 Å². The Labute approximate surface area is 51.2 Å². The van der Waals surface area contributed by atoms with E-state index >= 15 is 0 Å². The molecule has 0 aromatic heterocycles. The van der Waals surface area contributed by atoms with Crippen LogP contribution in [0.4, 0.5) is 0 Å². The summed E-state index contributed by atoms with van der Waals surface area (Å²) in [7, 11) is -4.27. The lowest BCUT2D eigenvalue weighted by atomic mass is 12.0. The molecular weight excluding hydrogens is 144 g/mol. The zero-order valence-electron chi connectivity index (χ0n) is 4.66. The number of nitrogens with one attached hydrogen (secondary N) is 3. The fourth-order valence-corrected chi connectivity index (χ4v) is 0.184. The molecule has 0 amide bonds. The highest BCUT2D eigenvalue weighted by atomic mass is 32.3. The lowest BCUT2D eigenvalue weighted by molar-refractivity contribution is 0.652. The third kappa shape index (κ3) is 1.42.